The molecular weight excluding hydrogens is 236 g/mol. The number of likely N-dealkylation sites (tertiary alicyclic amines) is 1. The standard InChI is InChI=1S/C16H26N2O/c1-3-10-19-16-8-4-6-14(11-16)12-17-15-7-5-9-18(2)13-15/h4,6,8,11,15,17H,3,5,7,9-10,12-13H2,1-2H3. The molecule has 106 valence electrons. The molecular formula is C16H26N2O. The molecule has 19 heavy (non-hydrogen) atoms. The normalized spacial score (nSPS) is 20.4. The van der Waals surface area contributed by atoms with Crippen LogP contribution in [0.1, 0.15) is 31.7 Å². The quantitative estimate of drug-likeness (QED) is 0.853. The van der Waals surface area contributed by atoms with Gasteiger partial charge in [-0.05, 0) is 50.6 Å². The van der Waals surface area contributed by atoms with Crippen LogP contribution >= 0.6 is 0 Å². The molecule has 1 fully saturated rings. The zero-order valence-electron chi connectivity index (χ0n) is 12.2. The van der Waals surface area contributed by atoms with E-state index in [2.05, 4.69) is 42.4 Å². The zero-order chi connectivity index (χ0) is 13.5. The van der Waals surface area contributed by atoms with E-state index in [0.29, 0.717) is 6.04 Å². The Hall–Kier alpha value is -1.06. The Labute approximate surface area is 116 Å². The van der Waals surface area contributed by atoms with E-state index in [0.717, 1.165) is 31.9 Å². The highest BCUT2D eigenvalue weighted by molar-refractivity contribution is 5.28. The number of hydrogen-bond acceptors (Lipinski definition) is 3. The summed E-state index contributed by atoms with van der Waals surface area (Å²) >= 11 is 0. The number of ether oxygens (including phenoxy) is 1. The summed E-state index contributed by atoms with van der Waals surface area (Å²) in [6, 6.07) is 9.05. The number of nitrogens with one attached hydrogen (secondary N) is 1. The molecule has 1 unspecified atom stereocenters. The molecule has 3 nitrogen and oxygen atoms in total. The lowest BCUT2D eigenvalue weighted by Gasteiger charge is -2.30. The molecule has 0 aliphatic carbocycles. The average Bonchev–Trinajstić information content (AvgIpc) is 2.43. The first-order valence-electron chi connectivity index (χ1n) is 7.41. The average molecular weight is 262 g/mol. The zero-order valence-corrected chi connectivity index (χ0v) is 12.2. The fraction of sp³-hybridized carbons (Fsp3) is 0.625. The number of hydrogen-bond donors (Lipinski definition) is 1. The first-order valence-corrected chi connectivity index (χ1v) is 7.41. The van der Waals surface area contributed by atoms with Crippen LogP contribution in [-0.2, 0) is 6.54 Å². The van der Waals surface area contributed by atoms with Crippen LogP contribution in [-0.4, -0.2) is 37.7 Å². The van der Waals surface area contributed by atoms with Crippen LogP contribution in [0.5, 0.6) is 5.75 Å². The van der Waals surface area contributed by atoms with Crippen molar-refractivity contribution in [2.24, 2.45) is 0 Å². The van der Waals surface area contributed by atoms with Gasteiger partial charge in [0.2, 0.25) is 0 Å². The molecule has 0 radical (unpaired) electrons. The Morgan fingerprint density at radius 2 is 2.32 bits per heavy atom. The number of benzene rings is 1. The van der Waals surface area contributed by atoms with Gasteiger partial charge in [0.05, 0.1) is 6.61 Å². The minimum atomic E-state index is 0.624. The van der Waals surface area contributed by atoms with Crippen molar-refractivity contribution in [1.82, 2.24) is 10.2 Å². The van der Waals surface area contributed by atoms with Crippen LogP contribution < -0.4 is 10.1 Å². The van der Waals surface area contributed by atoms with Gasteiger partial charge >= 0.3 is 0 Å². The molecule has 1 heterocycles. The molecule has 1 aliphatic rings. The summed E-state index contributed by atoms with van der Waals surface area (Å²) in [5.41, 5.74) is 1.31. The lowest BCUT2D eigenvalue weighted by molar-refractivity contribution is 0.226. The van der Waals surface area contributed by atoms with Crippen LogP contribution in [0.25, 0.3) is 0 Å². The minimum Gasteiger partial charge on any atom is -0.494 e. The molecule has 0 amide bonds. The molecule has 1 N–H and O–H groups in total. The third-order valence-electron chi connectivity index (χ3n) is 3.59. The van der Waals surface area contributed by atoms with E-state index >= 15 is 0 Å². The van der Waals surface area contributed by atoms with Gasteiger partial charge in [0, 0.05) is 19.1 Å². The van der Waals surface area contributed by atoms with E-state index in [1.165, 1.54) is 24.9 Å². The van der Waals surface area contributed by atoms with Crippen LogP contribution in [0.4, 0.5) is 0 Å². The molecule has 2 rings (SSSR count). The fourth-order valence-electron chi connectivity index (χ4n) is 2.56. The van der Waals surface area contributed by atoms with E-state index in [-0.39, 0.29) is 0 Å². The highest BCUT2D eigenvalue weighted by atomic mass is 16.5. The van der Waals surface area contributed by atoms with E-state index in [1.54, 1.807) is 0 Å². The van der Waals surface area contributed by atoms with Crippen molar-refractivity contribution < 1.29 is 4.74 Å². The van der Waals surface area contributed by atoms with Gasteiger partial charge in [0.25, 0.3) is 0 Å². The largest absolute Gasteiger partial charge is 0.494 e. The summed E-state index contributed by atoms with van der Waals surface area (Å²) < 4.78 is 5.67. The van der Waals surface area contributed by atoms with Gasteiger partial charge in [-0.1, -0.05) is 19.1 Å². The SMILES string of the molecule is CCCOc1cccc(CNC2CCCN(C)C2)c1. The van der Waals surface area contributed by atoms with Gasteiger partial charge in [0.1, 0.15) is 5.75 Å². The van der Waals surface area contributed by atoms with Crippen molar-refractivity contribution in [1.29, 1.82) is 0 Å². The summed E-state index contributed by atoms with van der Waals surface area (Å²) in [4.78, 5) is 2.40. The molecule has 1 aliphatic heterocycles. The Morgan fingerprint density at radius 1 is 1.42 bits per heavy atom. The van der Waals surface area contributed by atoms with E-state index in [9.17, 15) is 0 Å². The van der Waals surface area contributed by atoms with E-state index in [4.69, 9.17) is 4.74 Å². The first-order chi connectivity index (χ1) is 9.28. The van der Waals surface area contributed by atoms with E-state index < -0.39 is 0 Å². The maximum atomic E-state index is 5.67. The van der Waals surface area contributed by atoms with Crippen LogP contribution in [0.15, 0.2) is 24.3 Å². The molecule has 1 aromatic rings. The topological polar surface area (TPSA) is 24.5 Å². The number of nitrogens with zero attached hydrogens (tertiary/aromatic N) is 1. The molecule has 0 bridgehead atoms. The van der Waals surface area contributed by atoms with Crippen LogP contribution in [0.3, 0.4) is 0 Å². The van der Waals surface area contributed by atoms with Crippen molar-refractivity contribution >= 4 is 0 Å². The van der Waals surface area contributed by atoms with Crippen molar-refractivity contribution in [3.05, 3.63) is 29.8 Å². The second-order valence-electron chi connectivity index (χ2n) is 5.48. The third kappa shape index (κ3) is 4.84. The summed E-state index contributed by atoms with van der Waals surface area (Å²) in [7, 11) is 2.20. The van der Waals surface area contributed by atoms with Gasteiger partial charge in [-0.15, -0.1) is 0 Å². The Morgan fingerprint density at radius 3 is 3.11 bits per heavy atom. The highest BCUT2D eigenvalue weighted by Gasteiger charge is 2.16. The molecule has 3 heteroatoms. The maximum absolute atomic E-state index is 5.67. The molecule has 0 aromatic heterocycles. The summed E-state index contributed by atoms with van der Waals surface area (Å²) in [6.07, 6.45) is 3.64. The summed E-state index contributed by atoms with van der Waals surface area (Å²) in [5, 5.41) is 3.65. The Balaban J connectivity index is 1.81. The van der Waals surface area contributed by atoms with Crippen molar-refractivity contribution in [3.8, 4) is 5.75 Å². The van der Waals surface area contributed by atoms with Gasteiger partial charge in [0.15, 0.2) is 0 Å². The monoisotopic (exact) mass is 262 g/mol. The smallest absolute Gasteiger partial charge is 0.119 e. The second kappa shape index (κ2) is 7.51. The number of likely N-dealkylation sites (N-methyl/N-ethyl adjacent to an activating group) is 1. The highest BCUT2D eigenvalue weighted by Crippen LogP contribution is 2.14. The molecule has 0 saturated carbocycles. The van der Waals surface area contributed by atoms with Gasteiger partial charge in [-0.25, -0.2) is 0 Å². The maximum Gasteiger partial charge on any atom is 0.119 e. The second-order valence-corrected chi connectivity index (χ2v) is 5.48. The van der Waals surface area contributed by atoms with Gasteiger partial charge < -0.3 is 15.0 Å². The predicted molar refractivity (Wildman–Crippen MR) is 79.6 cm³/mol. The molecule has 1 atom stereocenters. The molecule has 1 saturated heterocycles. The number of rotatable bonds is 6. The van der Waals surface area contributed by atoms with Gasteiger partial charge in [-0.3, -0.25) is 0 Å². The predicted octanol–water partition coefficient (Wildman–Crippen LogP) is 2.66. The molecule has 0 spiro atoms. The summed E-state index contributed by atoms with van der Waals surface area (Å²) in [6.45, 7) is 6.25. The number of piperidine rings is 1. The lowest BCUT2D eigenvalue weighted by Crippen LogP contribution is -2.43. The van der Waals surface area contributed by atoms with Crippen molar-refractivity contribution in [3.63, 3.8) is 0 Å². The van der Waals surface area contributed by atoms with Gasteiger partial charge in [-0.2, -0.15) is 0 Å². The Bertz CT molecular complexity index is 381. The van der Waals surface area contributed by atoms with Crippen LogP contribution in [0.2, 0.25) is 0 Å². The minimum absolute atomic E-state index is 0.624. The lowest BCUT2D eigenvalue weighted by atomic mass is 10.1. The fourth-order valence-corrected chi connectivity index (χ4v) is 2.56. The van der Waals surface area contributed by atoms with Crippen LogP contribution in [0, 0.1) is 0 Å². The molecule has 1 aromatic carbocycles. The third-order valence-corrected chi connectivity index (χ3v) is 3.59. The van der Waals surface area contributed by atoms with Crippen molar-refractivity contribution in [2.75, 3.05) is 26.7 Å². The Kier molecular flexibility index (Phi) is 5.67. The van der Waals surface area contributed by atoms with Crippen molar-refractivity contribution in [2.45, 2.75) is 38.8 Å². The summed E-state index contributed by atoms with van der Waals surface area (Å²) in [5.74, 6) is 0.988. The van der Waals surface area contributed by atoms with E-state index in [1.807, 2.05) is 6.07 Å². The first kappa shape index (κ1) is 14.4.